The summed E-state index contributed by atoms with van der Waals surface area (Å²) >= 11 is 0. The smallest absolute Gasteiger partial charge is 0.437 e. The Hall–Kier alpha value is -3.74. The highest BCUT2D eigenvalue weighted by molar-refractivity contribution is 6.07. The third-order valence-electron chi connectivity index (χ3n) is 4.98. The number of hydrogen-bond donors (Lipinski definition) is 3. The summed E-state index contributed by atoms with van der Waals surface area (Å²) in [6, 6.07) is 2.22. The Labute approximate surface area is 234 Å². The van der Waals surface area contributed by atoms with Crippen molar-refractivity contribution in [2.24, 2.45) is 4.99 Å². The van der Waals surface area contributed by atoms with Gasteiger partial charge in [-0.1, -0.05) is 0 Å². The van der Waals surface area contributed by atoms with Crippen LogP contribution < -0.4 is 20.9 Å². The van der Waals surface area contributed by atoms with Gasteiger partial charge in [0.2, 0.25) is 5.96 Å². The number of rotatable bonds is 4. The van der Waals surface area contributed by atoms with E-state index in [1.807, 2.05) is 20.8 Å². The van der Waals surface area contributed by atoms with Crippen LogP contribution in [-0.4, -0.2) is 64.3 Å². The van der Waals surface area contributed by atoms with Crippen molar-refractivity contribution in [1.82, 2.24) is 21.1 Å². The van der Waals surface area contributed by atoms with Gasteiger partial charge in [0.25, 0.3) is 0 Å². The zero-order chi connectivity index (χ0) is 30.5. The van der Waals surface area contributed by atoms with Gasteiger partial charge in [0, 0.05) is 12.1 Å². The highest BCUT2D eigenvalue weighted by atomic mass is 19.1. The maximum atomic E-state index is 14.3. The Morgan fingerprint density at radius 1 is 0.950 bits per heavy atom. The molecule has 222 valence electrons. The van der Waals surface area contributed by atoms with Gasteiger partial charge >= 0.3 is 18.3 Å². The Morgan fingerprint density at radius 3 is 2.15 bits per heavy atom. The van der Waals surface area contributed by atoms with Gasteiger partial charge in [0.1, 0.15) is 22.8 Å². The molecule has 1 aliphatic heterocycles. The van der Waals surface area contributed by atoms with E-state index in [4.69, 9.17) is 14.2 Å². The molecule has 13 heteroatoms. The molecule has 0 bridgehead atoms. The minimum Gasteiger partial charge on any atom is -0.444 e. The normalized spacial score (nSPS) is 16.3. The molecule has 12 nitrogen and oxygen atoms in total. The lowest BCUT2D eigenvalue weighted by atomic mass is 10.0. The molecule has 3 amide bonds. The summed E-state index contributed by atoms with van der Waals surface area (Å²) in [5.41, 5.74) is 2.74. The lowest BCUT2D eigenvalue weighted by Gasteiger charge is -2.28. The lowest BCUT2D eigenvalue weighted by Crippen LogP contribution is -2.50. The minimum absolute atomic E-state index is 0.169. The number of ketones is 1. The van der Waals surface area contributed by atoms with Gasteiger partial charge in [-0.15, -0.1) is 4.99 Å². The largest absolute Gasteiger partial charge is 0.444 e. The van der Waals surface area contributed by atoms with Crippen LogP contribution in [0, 0.1) is 5.82 Å². The molecule has 1 saturated heterocycles. The molecule has 1 atom stereocenters. The highest BCUT2D eigenvalue weighted by Crippen LogP contribution is 2.28. The molecule has 3 N–H and O–H groups in total. The van der Waals surface area contributed by atoms with Crippen LogP contribution in [-0.2, 0) is 9.47 Å². The number of nitrogens with zero attached hydrogens (tertiary/aromatic N) is 2. The number of amides is 3. The zero-order valence-corrected chi connectivity index (χ0v) is 24.6. The maximum absolute atomic E-state index is 14.3. The third kappa shape index (κ3) is 10.8. The van der Waals surface area contributed by atoms with Crippen LogP contribution in [0.1, 0.15) is 85.5 Å². The molecule has 1 fully saturated rings. The summed E-state index contributed by atoms with van der Waals surface area (Å²) in [4.78, 5) is 56.5. The number of ether oxygens (including phenoxy) is 3. The van der Waals surface area contributed by atoms with E-state index < -0.39 is 52.7 Å². The van der Waals surface area contributed by atoms with E-state index in [1.54, 1.807) is 41.5 Å². The fraction of sp³-hybridized carbons (Fsp3) is 0.593. The number of carbonyl (C=O) groups excluding carboxylic acids is 4. The summed E-state index contributed by atoms with van der Waals surface area (Å²) in [6.07, 6.45) is -2.02. The predicted octanol–water partition coefficient (Wildman–Crippen LogP) is 4.68. The van der Waals surface area contributed by atoms with Crippen LogP contribution >= 0.6 is 0 Å². The van der Waals surface area contributed by atoms with Crippen LogP contribution in [0.4, 0.5) is 18.8 Å². The van der Waals surface area contributed by atoms with Crippen molar-refractivity contribution < 1.29 is 37.8 Å². The van der Waals surface area contributed by atoms with E-state index in [9.17, 15) is 23.6 Å². The predicted molar refractivity (Wildman–Crippen MR) is 146 cm³/mol. The first-order chi connectivity index (χ1) is 18.2. The Kier molecular flexibility index (Phi) is 10.2. The number of aliphatic imine (C=N–C) groups is 1. The molecule has 0 saturated carbocycles. The zero-order valence-electron chi connectivity index (χ0n) is 24.6. The topological polar surface area (TPSA) is 148 Å². The van der Waals surface area contributed by atoms with Crippen LogP contribution in [0.25, 0.3) is 0 Å². The van der Waals surface area contributed by atoms with E-state index >= 15 is 0 Å². The number of guanidine groups is 1. The number of benzene rings is 1. The van der Waals surface area contributed by atoms with Crippen LogP contribution in [0.2, 0.25) is 0 Å². The molecule has 1 aliphatic rings. The first kappa shape index (κ1) is 32.5. The number of nitrogens with one attached hydrogen (secondary N) is 3. The Bertz CT molecular complexity index is 1150. The number of halogens is 1. The second-order valence-corrected chi connectivity index (χ2v) is 12.3. The van der Waals surface area contributed by atoms with E-state index in [0.29, 0.717) is 6.42 Å². The summed E-state index contributed by atoms with van der Waals surface area (Å²) in [7, 11) is 0. The summed E-state index contributed by atoms with van der Waals surface area (Å²) < 4.78 is 30.1. The van der Waals surface area contributed by atoms with Crippen LogP contribution in [0.3, 0.4) is 0 Å². The highest BCUT2D eigenvalue weighted by Gasteiger charge is 2.37. The SMILES string of the molecule is CC(C)(C)NNC(=O)Oc1ccc(F)cc1C(=O)C1CCCN1C(=NC(=O)OC(C)(C)C)NC(=O)OC(C)(C)C. The summed E-state index contributed by atoms with van der Waals surface area (Å²) in [6.45, 7) is 15.6. The minimum atomic E-state index is -0.991. The summed E-state index contributed by atoms with van der Waals surface area (Å²) in [5, 5.41) is 2.44. The van der Waals surface area contributed by atoms with Crippen molar-refractivity contribution >= 4 is 30.0 Å². The van der Waals surface area contributed by atoms with Crippen LogP contribution in [0.15, 0.2) is 23.2 Å². The number of likely N-dealkylation sites (tertiary alicyclic amines) is 1. The fourth-order valence-corrected chi connectivity index (χ4v) is 3.55. The molecule has 1 heterocycles. The van der Waals surface area contributed by atoms with Gasteiger partial charge in [-0.05, 0) is 93.4 Å². The van der Waals surface area contributed by atoms with Gasteiger partial charge in [0.15, 0.2) is 5.78 Å². The second kappa shape index (κ2) is 12.6. The molecule has 1 unspecified atom stereocenters. The second-order valence-electron chi connectivity index (χ2n) is 12.3. The van der Waals surface area contributed by atoms with Crippen molar-refractivity contribution in [3.63, 3.8) is 0 Å². The number of hydrogen-bond acceptors (Lipinski definition) is 8. The average Bonchev–Trinajstić information content (AvgIpc) is 3.25. The number of alkyl carbamates (subject to hydrolysis) is 1. The molecule has 0 aromatic heterocycles. The first-order valence-electron chi connectivity index (χ1n) is 12.9. The van der Waals surface area contributed by atoms with E-state index in [1.165, 1.54) is 11.0 Å². The van der Waals surface area contributed by atoms with E-state index in [0.717, 1.165) is 12.1 Å². The van der Waals surface area contributed by atoms with E-state index in [2.05, 4.69) is 21.2 Å². The van der Waals surface area contributed by atoms with Gasteiger partial charge in [-0.3, -0.25) is 15.5 Å². The molecule has 40 heavy (non-hydrogen) atoms. The maximum Gasteiger partial charge on any atom is 0.437 e. The van der Waals surface area contributed by atoms with Crippen molar-refractivity contribution in [3.8, 4) is 5.75 Å². The standard InChI is InChI=1S/C27H40FN5O7/c1-25(2,3)32-31-24(37)38-19-13-12-16(28)15-17(19)20(34)18-11-10-14-33(18)21(29-22(35)39-26(4,5)6)30-23(36)40-27(7,8)9/h12-13,15,18,32H,10-11,14H2,1-9H3,(H,31,37)(H,29,30,35,36). The van der Waals surface area contributed by atoms with Gasteiger partial charge in [0.05, 0.1) is 11.6 Å². The van der Waals surface area contributed by atoms with Crippen molar-refractivity contribution in [2.75, 3.05) is 6.54 Å². The molecule has 0 radical (unpaired) electrons. The van der Waals surface area contributed by atoms with Gasteiger partial charge in [-0.2, -0.15) is 0 Å². The van der Waals surface area contributed by atoms with E-state index in [-0.39, 0.29) is 30.2 Å². The Morgan fingerprint density at radius 2 is 1.57 bits per heavy atom. The van der Waals surface area contributed by atoms with Crippen LogP contribution in [0.5, 0.6) is 5.75 Å². The van der Waals surface area contributed by atoms with Gasteiger partial charge in [-0.25, -0.2) is 24.2 Å². The summed E-state index contributed by atoms with van der Waals surface area (Å²) in [5.74, 6) is -1.75. The molecule has 2 rings (SSSR count). The quantitative estimate of drug-likeness (QED) is 0.205. The number of Topliss-reactive ketones (excluding diaryl/α,β-unsaturated/α-hetero) is 1. The van der Waals surface area contributed by atoms with Crippen molar-refractivity contribution in [2.45, 2.75) is 97.9 Å². The monoisotopic (exact) mass is 565 g/mol. The molecular formula is C27H40FN5O7. The first-order valence-corrected chi connectivity index (χ1v) is 12.9. The molecular weight excluding hydrogens is 525 g/mol. The van der Waals surface area contributed by atoms with Crippen molar-refractivity contribution in [1.29, 1.82) is 0 Å². The Balaban J connectivity index is 2.39. The molecule has 0 aliphatic carbocycles. The lowest BCUT2D eigenvalue weighted by molar-refractivity contribution is 0.0550. The fourth-order valence-electron chi connectivity index (χ4n) is 3.55. The molecule has 1 aromatic carbocycles. The number of hydrazine groups is 1. The van der Waals surface area contributed by atoms with Gasteiger partial charge < -0.3 is 19.1 Å². The molecule has 0 spiro atoms. The molecule has 1 aromatic rings. The van der Waals surface area contributed by atoms with Crippen molar-refractivity contribution in [3.05, 3.63) is 29.6 Å². The average molecular weight is 566 g/mol. The number of carbonyl (C=O) groups is 4. The third-order valence-corrected chi connectivity index (χ3v) is 4.98.